The Hall–Kier alpha value is -2.28. The van der Waals surface area contributed by atoms with E-state index >= 15 is 0 Å². The number of Topliss-reactive ketones (excluding diaryl/α,β-unsaturated/α-hetero) is 2. The second kappa shape index (κ2) is 8.99. The van der Waals surface area contributed by atoms with Crippen molar-refractivity contribution in [3.05, 3.63) is 42.5 Å². The highest BCUT2D eigenvalue weighted by molar-refractivity contribution is 7.92. The van der Waals surface area contributed by atoms with Gasteiger partial charge in [-0.3, -0.25) is 14.4 Å². The summed E-state index contributed by atoms with van der Waals surface area (Å²) in [7, 11) is -4.07. The van der Waals surface area contributed by atoms with E-state index in [-0.39, 0.29) is 41.0 Å². The minimum Gasteiger partial charge on any atom is -0.466 e. The topological polar surface area (TPSA) is 94.6 Å². The van der Waals surface area contributed by atoms with Crippen molar-refractivity contribution in [1.29, 1.82) is 0 Å². The Bertz CT molecular complexity index is 1150. The van der Waals surface area contributed by atoms with Crippen LogP contribution in [0.2, 0.25) is 0 Å². The molecule has 6 atom stereocenters. The van der Waals surface area contributed by atoms with E-state index in [4.69, 9.17) is 4.74 Å². The van der Waals surface area contributed by atoms with Crippen molar-refractivity contribution in [2.24, 2.45) is 34.5 Å². The maximum absolute atomic E-state index is 13.9. The molecule has 3 aliphatic rings. The van der Waals surface area contributed by atoms with E-state index in [2.05, 4.69) is 20.4 Å². The Balaban J connectivity index is 1.88. The van der Waals surface area contributed by atoms with Gasteiger partial charge in [-0.1, -0.05) is 51.1 Å². The minimum atomic E-state index is -4.07. The van der Waals surface area contributed by atoms with E-state index in [9.17, 15) is 22.8 Å². The molecule has 1 aromatic rings. The number of ether oxygens (including phenoxy) is 1. The van der Waals surface area contributed by atoms with E-state index in [1.807, 2.05) is 6.92 Å². The lowest BCUT2D eigenvalue weighted by Crippen LogP contribution is -2.49. The van der Waals surface area contributed by atoms with Gasteiger partial charge in [0.05, 0.1) is 11.5 Å². The van der Waals surface area contributed by atoms with Crippen LogP contribution in [0.5, 0.6) is 0 Å². The average Bonchev–Trinajstić information content (AvgIpc) is 3.24. The first kappa shape index (κ1) is 25.8. The summed E-state index contributed by atoms with van der Waals surface area (Å²) in [6.07, 6.45) is 3.01. The molecule has 3 saturated carbocycles. The second-order valence-electron chi connectivity index (χ2n) is 11.5. The van der Waals surface area contributed by atoms with Crippen molar-refractivity contribution >= 4 is 27.4 Å². The van der Waals surface area contributed by atoms with Gasteiger partial charge in [0, 0.05) is 37.0 Å². The number of allylic oxidation sites excluding steroid dienone is 1. The highest BCUT2D eigenvalue weighted by atomic mass is 32.2. The maximum Gasteiger partial charge on any atom is 0.302 e. The predicted molar refractivity (Wildman–Crippen MR) is 132 cm³/mol. The number of ketones is 2. The fourth-order valence-electron chi connectivity index (χ4n) is 7.33. The molecule has 0 spiro atoms. The number of sulfone groups is 1. The van der Waals surface area contributed by atoms with Crippen molar-refractivity contribution in [3.8, 4) is 0 Å². The first-order chi connectivity index (χ1) is 16.3. The Labute approximate surface area is 208 Å². The van der Waals surface area contributed by atoms with Crippen LogP contribution in [-0.4, -0.2) is 37.8 Å². The molecule has 0 radical (unpaired) electrons. The highest BCUT2D eigenvalue weighted by Gasteiger charge is 2.67. The SMILES string of the molecule is C=C1CCCC(C)(C)[C@@H]2CC(=O)[C@](C)([C@H]3[C@H](COC(C)=O)CC(=O)[C@@H]3S(=O)(=O)c3ccccc3)[C@H]12. The quantitative estimate of drug-likeness (QED) is 0.434. The number of benzene rings is 1. The Morgan fingerprint density at radius 3 is 2.40 bits per heavy atom. The largest absolute Gasteiger partial charge is 0.466 e. The minimum absolute atomic E-state index is 0.00980. The zero-order valence-electron chi connectivity index (χ0n) is 21.1. The fourth-order valence-corrected chi connectivity index (χ4v) is 9.50. The number of rotatable bonds is 5. The lowest BCUT2D eigenvalue weighted by molar-refractivity contribution is -0.143. The molecule has 1 aromatic carbocycles. The van der Waals surface area contributed by atoms with Gasteiger partial charge in [-0.2, -0.15) is 0 Å². The summed E-state index contributed by atoms with van der Waals surface area (Å²) in [5.74, 6) is -2.46. The molecule has 0 saturated heterocycles. The van der Waals surface area contributed by atoms with Crippen LogP contribution in [0.3, 0.4) is 0 Å². The van der Waals surface area contributed by atoms with Gasteiger partial charge in [0.25, 0.3) is 0 Å². The van der Waals surface area contributed by atoms with Crippen LogP contribution in [0.25, 0.3) is 0 Å². The van der Waals surface area contributed by atoms with Crippen molar-refractivity contribution < 1.29 is 27.5 Å². The van der Waals surface area contributed by atoms with E-state index < -0.39 is 44.1 Å². The predicted octanol–water partition coefficient (Wildman–Crippen LogP) is 4.58. The molecular weight excluding hydrogens is 464 g/mol. The molecule has 4 rings (SSSR count). The monoisotopic (exact) mass is 500 g/mol. The molecule has 0 aromatic heterocycles. The fraction of sp³-hybridized carbons (Fsp3) is 0.607. The lowest BCUT2D eigenvalue weighted by Gasteiger charge is -2.44. The van der Waals surface area contributed by atoms with Crippen LogP contribution in [0.15, 0.2) is 47.4 Å². The van der Waals surface area contributed by atoms with Crippen molar-refractivity contribution in [1.82, 2.24) is 0 Å². The summed E-state index contributed by atoms with van der Waals surface area (Å²) in [5, 5.41) is -1.36. The third-order valence-electron chi connectivity index (χ3n) is 9.03. The summed E-state index contributed by atoms with van der Waals surface area (Å²) in [6, 6.07) is 7.97. The highest BCUT2D eigenvalue weighted by Crippen LogP contribution is 2.63. The van der Waals surface area contributed by atoms with Crippen molar-refractivity contribution in [2.45, 2.75) is 69.9 Å². The number of carbonyl (C=O) groups is 3. The molecule has 0 N–H and O–H groups in total. The summed E-state index contributed by atoms with van der Waals surface area (Å²) in [5.41, 5.74) is -0.234. The van der Waals surface area contributed by atoms with E-state index in [0.717, 1.165) is 24.8 Å². The molecule has 35 heavy (non-hydrogen) atoms. The molecule has 0 heterocycles. The molecule has 3 fully saturated rings. The third kappa shape index (κ3) is 4.20. The van der Waals surface area contributed by atoms with Crippen molar-refractivity contribution in [3.63, 3.8) is 0 Å². The molecule has 6 nitrogen and oxygen atoms in total. The second-order valence-corrected chi connectivity index (χ2v) is 13.6. The first-order valence-corrected chi connectivity index (χ1v) is 14.0. The van der Waals surface area contributed by atoms with Gasteiger partial charge in [0.15, 0.2) is 15.6 Å². The number of esters is 1. The Morgan fingerprint density at radius 2 is 1.77 bits per heavy atom. The number of carbonyl (C=O) groups excluding carboxylic acids is 3. The molecule has 0 bridgehead atoms. The van der Waals surface area contributed by atoms with Gasteiger partial charge in [-0.15, -0.1) is 0 Å². The van der Waals surface area contributed by atoms with Gasteiger partial charge >= 0.3 is 5.97 Å². The molecule has 0 aliphatic heterocycles. The van der Waals surface area contributed by atoms with Crippen LogP contribution in [-0.2, 0) is 29.0 Å². The molecular formula is C28H36O6S. The smallest absolute Gasteiger partial charge is 0.302 e. The van der Waals surface area contributed by atoms with E-state index in [1.165, 1.54) is 19.1 Å². The van der Waals surface area contributed by atoms with Gasteiger partial charge in [0.2, 0.25) is 0 Å². The van der Waals surface area contributed by atoms with Crippen LogP contribution >= 0.6 is 0 Å². The van der Waals surface area contributed by atoms with Crippen LogP contribution < -0.4 is 0 Å². The van der Waals surface area contributed by atoms with Crippen LogP contribution in [0, 0.1) is 34.5 Å². The van der Waals surface area contributed by atoms with Gasteiger partial charge in [0.1, 0.15) is 11.0 Å². The third-order valence-corrected chi connectivity index (χ3v) is 11.2. The van der Waals surface area contributed by atoms with Gasteiger partial charge in [-0.25, -0.2) is 8.42 Å². The molecule has 0 amide bonds. The molecule has 7 heteroatoms. The Kier molecular flexibility index (Phi) is 6.62. The lowest BCUT2D eigenvalue weighted by atomic mass is 9.60. The summed E-state index contributed by atoms with van der Waals surface area (Å²) in [4.78, 5) is 39.1. The standard InChI is InChI=1S/C28H36O6S/c1-17-10-9-13-27(3,4)21-15-23(31)28(5,24(17)21)25-19(16-34-18(2)29)14-22(30)26(25)35(32,33)20-11-7-6-8-12-20/h6-8,11-12,19,21,24-26H,1,9-10,13-16H2,2-5H3/t19-,21+,24+,25-,26-,28-/m0/s1. The molecule has 0 unspecified atom stereocenters. The van der Waals surface area contributed by atoms with E-state index in [0.29, 0.717) is 6.42 Å². The Morgan fingerprint density at radius 1 is 1.11 bits per heavy atom. The molecule has 3 aliphatic carbocycles. The summed E-state index contributed by atoms with van der Waals surface area (Å²) >= 11 is 0. The zero-order chi connectivity index (χ0) is 25.8. The number of hydrogen-bond acceptors (Lipinski definition) is 6. The maximum atomic E-state index is 13.9. The van der Waals surface area contributed by atoms with Crippen LogP contribution in [0.1, 0.15) is 59.8 Å². The number of fused-ring (bicyclic) bond motifs is 1. The normalized spacial score (nSPS) is 35.0. The summed E-state index contributed by atoms with van der Waals surface area (Å²) in [6.45, 7) is 11.8. The van der Waals surface area contributed by atoms with E-state index in [1.54, 1.807) is 18.2 Å². The van der Waals surface area contributed by atoms with Gasteiger partial charge in [-0.05, 0) is 48.6 Å². The van der Waals surface area contributed by atoms with Crippen molar-refractivity contribution in [2.75, 3.05) is 6.61 Å². The zero-order valence-corrected chi connectivity index (χ0v) is 21.9. The number of hydrogen-bond donors (Lipinski definition) is 0. The summed E-state index contributed by atoms with van der Waals surface area (Å²) < 4.78 is 33.2. The van der Waals surface area contributed by atoms with Gasteiger partial charge < -0.3 is 4.74 Å². The molecule has 190 valence electrons. The first-order valence-electron chi connectivity index (χ1n) is 12.5. The van der Waals surface area contributed by atoms with Crippen LogP contribution in [0.4, 0.5) is 0 Å². The average molecular weight is 501 g/mol.